The summed E-state index contributed by atoms with van der Waals surface area (Å²) in [6.45, 7) is 6.07. The van der Waals surface area contributed by atoms with Gasteiger partial charge in [-0.1, -0.05) is 31.4 Å². The van der Waals surface area contributed by atoms with Crippen molar-refractivity contribution in [2.75, 3.05) is 44.2 Å². The second-order valence-corrected chi connectivity index (χ2v) is 7.52. The quantitative estimate of drug-likeness (QED) is 0.783. The monoisotopic (exact) mass is 388 g/mol. The molecule has 3 amide bonds. The van der Waals surface area contributed by atoms with Crippen molar-refractivity contribution in [1.29, 1.82) is 0 Å². The molecule has 0 radical (unpaired) electrons. The van der Waals surface area contributed by atoms with Gasteiger partial charge in [0.05, 0.1) is 18.8 Å². The molecule has 28 heavy (non-hydrogen) atoms. The number of amides is 3. The van der Waals surface area contributed by atoms with Crippen LogP contribution in [0.5, 0.6) is 5.75 Å². The molecule has 3 rings (SSSR count). The highest BCUT2D eigenvalue weighted by Gasteiger charge is 2.22. The van der Waals surface area contributed by atoms with Gasteiger partial charge >= 0.3 is 6.03 Å². The third-order valence-corrected chi connectivity index (χ3v) is 5.44. The van der Waals surface area contributed by atoms with Crippen LogP contribution in [0.4, 0.5) is 10.5 Å². The molecule has 1 saturated carbocycles. The average Bonchev–Trinajstić information content (AvgIpc) is 2.70. The maximum atomic E-state index is 12.2. The largest absolute Gasteiger partial charge is 0.492 e. The zero-order valence-electron chi connectivity index (χ0n) is 16.8. The normalized spacial score (nSPS) is 18.5. The number of urea groups is 1. The van der Waals surface area contributed by atoms with Crippen LogP contribution in [0.3, 0.4) is 0 Å². The maximum absolute atomic E-state index is 12.2. The van der Waals surface area contributed by atoms with Gasteiger partial charge in [-0.15, -0.1) is 0 Å². The van der Waals surface area contributed by atoms with Crippen LogP contribution in [0.2, 0.25) is 0 Å². The molecule has 1 aliphatic heterocycles. The summed E-state index contributed by atoms with van der Waals surface area (Å²) >= 11 is 0. The summed E-state index contributed by atoms with van der Waals surface area (Å²) in [5.74, 6) is 0.659. The number of anilines is 1. The number of carbonyl (C=O) groups is 2. The Kier molecular flexibility index (Phi) is 7.54. The number of nitrogens with one attached hydrogen (secondary N) is 2. The van der Waals surface area contributed by atoms with E-state index >= 15 is 0 Å². The van der Waals surface area contributed by atoms with Crippen LogP contribution in [0.25, 0.3) is 0 Å². The molecule has 1 heterocycles. The number of piperazine rings is 1. The van der Waals surface area contributed by atoms with Gasteiger partial charge in [-0.05, 0) is 31.9 Å². The Balaban J connectivity index is 1.41. The predicted molar refractivity (Wildman–Crippen MR) is 110 cm³/mol. The van der Waals surface area contributed by atoms with E-state index in [0.29, 0.717) is 6.61 Å². The van der Waals surface area contributed by atoms with Crippen LogP contribution in [0, 0.1) is 0 Å². The van der Waals surface area contributed by atoms with E-state index in [0.717, 1.165) is 63.3 Å². The van der Waals surface area contributed by atoms with Crippen molar-refractivity contribution in [3.8, 4) is 5.75 Å². The van der Waals surface area contributed by atoms with Crippen molar-refractivity contribution >= 4 is 17.6 Å². The Hall–Kier alpha value is -2.28. The number of imide groups is 1. The molecular formula is C21H32N4O3. The Labute approximate surface area is 167 Å². The molecule has 2 N–H and O–H groups in total. The lowest BCUT2D eigenvalue weighted by Crippen LogP contribution is -2.52. The Morgan fingerprint density at radius 1 is 1.07 bits per heavy atom. The van der Waals surface area contributed by atoms with Crippen LogP contribution in [-0.4, -0.2) is 62.2 Å². The fourth-order valence-electron chi connectivity index (χ4n) is 3.98. The molecule has 1 aliphatic carbocycles. The summed E-state index contributed by atoms with van der Waals surface area (Å²) in [7, 11) is 0. The van der Waals surface area contributed by atoms with E-state index in [-0.39, 0.29) is 24.5 Å². The van der Waals surface area contributed by atoms with E-state index < -0.39 is 0 Å². The molecule has 1 aromatic carbocycles. The minimum atomic E-state index is -0.360. The van der Waals surface area contributed by atoms with Crippen molar-refractivity contribution in [3.63, 3.8) is 0 Å². The zero-order valence-corrected chi connectivity index (χ0v) is 16.8. The molecule has 1 aromatic rings. The number of hydrogen-bond donors (Lipinski definition) is 2. The standard InChI is InChI=1S/C21H32N4O3/c1-2-28-19-11-7-6-10-18(19)25-14-12-24(13-15-25)16-20(26)23-21(27)22-17-8-4-3-5-9-17/h6-7,10-11,17H,2-5,8-9,12-16H2,1H3,(H2,22,23,26,27). The molecule has 1 saturated heterocycles. The molecule has 0 atom stereocenters. The van der Waals surface area contributed by atoms with Gasteiger partial charge in [0, 0.05) is 32.2 Å². The molecule has 2 aliphatic rings. The van der Waals surface area contributed by atoms with Crippen LogP contribution in [0.15, 0.2) is 24.3 Å². The van der Waals surface area contributed by atoms with Gasteiger partial charge in [0.25, 0.3) is 0 Å². The van der Waals surface area contributed by atoms with Gasteiger partial charge in [0.2, 0.25) is 5.91 Å². The Morgan fingerprint density at radius 3 is 2.50 bits per heavy atom. The summed E-state index contributed by atoms with van der Waals surface area (Å²) in [6.07, 6.45) is 5.55. The second-order valence-electron chi connectivity index (χ2n) is 7.52. The summed E-state index contributed by atoms with van der Waals surface area (Å²) in [5, 5.41) is 5.40. The molecule has 0 spiro atoms. The zero-order chi connectivity index (χ0) is 19.8. The van der Waals surface area contributed by atoms with E-state index in [1.165, 1.54) is 6.42 Å². The lowest BCUT2D eigenvalue weighted by molar-refractivity contribution is -0.121. The number of carbonyl (C=O) groups excluding carboxylic acids is 2. The van der Waals surface area contributed by atoms with Crippen LogP contribution < -0.4 is 20.3 Å². The van der Waals surface area contributed by atoms with Crippen molar-refractivity contribution in [3.05, 3.63) is 24.3 Å². The molecule has 7 nitrogen and oxygen atoms in total. The highest BCUT2D eigenvalue weighted by molar-refractivity contribution is 5.95. The fraction of sp³-hybridized carbons (Fsp3) is 0.619. The minimum Gasteiger partial charge on any atom is -0.492 e. The van der Waals surface area contributed by atoms with Crippen LogP contribution in [-0.2, 0) is 4.79 Å². The van der Waals surface area contributed by atoms with Crippen molar-refractivity contribution in [2.45, 2.75) is 45.1 Å². The molecule has 154 valence electrons. The summed E-state index contributed by atoms with van der Waals surface area (Å²) in [6, 6.07) is 7.90. The highest BCUT2D eigenvalue weighted by Crippen LogP contribution is 2.28. The molecular weight excluding hydrogens is 356 g/mol. The van der Waals surface area contributed by atoms with E-state index in [9.17, 15) is 9.59 Å². The summed E-state index contributed by atoms with van der Waals surface area (Å²) in [4.78, 5) is 28.6. The van der Waals surface area contributed by atoms with Gasteiger partial charge < -0.3 is 15.0 Å². The van der Waals surface area contributed by atoms with Crippen LogP contribution in [0.1, 0.15) is 39.0 Å². The molecule has 0 aromatic heterocycles. The van der Waals surface area contributed by atoms with Crippen molar-refractivity contribution in [2.24, 2.45) is 0 Å². The van der Waals surface area contributed by atoms with Gasteiger partial charge in [-0.3, -0.25) is 15.0 Å². The average molecular weight is 389 g/mol. The Bertz CT molecular complexity index is 653. The fourth-order valence-corrected chi connectivity index (χ4v) is 3.98. The lowest BCUT2D eigenvalue weighted by atomic mass is 9.96. The first-order valence-corrected chi connectivity index (χ1v) is 10.4. The van der Waals surface area contributed by atoms with Gasteiger partial charge in [-0.25, -0.2) is 4.79 Å². The second kappa shape index (κ2) is 10.3. The van der Waals surface area contributed by atoms with E-state index in [1.54, 1.807) is 0 Å². The molecule has 0 unspecified atom stereocenters. The topological polar surface area (TPSA) is 73.9 Å². The molecule has 2 fully saturated rings. The van der Waals surface area contributed by atoms with E-state index in [4.69, 9.17) is 4.74 Å². The number of para-hydroxylation sites is 2. The lowest BCUT2D eigenvalue weighted by Gasteiger charge is -2.36. The van der Waals surface area contributed by atoms with E-state index in [2.05, 4.69) is 26.5 Å². The summed E-state index contributed by atoms with van der Waals surface area (Å²) in [5.41, 5.74) is 1.10. The molecule has 7 heteroatoms. The van der Waals surface area contributed by atoms with E-state index in [1.807, 2.05) is 25.1 Å². The number of ether oxygens (including phenoxy) is 1. The van der Waals surface area contributed by atoms with Gasteiger partial charge in [-0.2, -0.15) is 0 Å². The third-order valence-electron chi connectivity index (χ3n) is 5.44. The predicted octanol–water partition coefficient (Wildman–Crippen LogP) is 2.37. The first kappa shape index (κ1) is 20.5. The van der Waals surface area contributed by atoms with Crippen LogP contribution >= 0.6 is 0 Å². The van der Waals surface area contributed by atoms with Crippen molar-refractivity contribution < 1.29 is 14.3 Å². The number of rotatable bonds is 6. The first-order chi connectivity index (χ1) is 13.7. The smallest absolute Gasteiger partial charge is 0.321 e. The Morgan fingerprint density at radius 2 is 1.79 bits per heavy atom. The number of hydrogen-bond acceptors (Lipinski definition) is 5. The molecule has 0 bridgehead atoms. The first-order valence-electron chi connectivity index (χ1n) is 10.4. The third kappa shape index (κ3) is 5.86. The highest BCUT2D eigenvalue weighted by atomic mass is 16.5. The van der Waals surface area contributed by atoms with Gasteiger partial charge in [0.15, 0.2) is 0 Å². The number of benzene rings is 1. The maximum Gasteiger partial charge on any atom is 0.321 e. The minimum absolute atomic E-state index is 0.204. The number of nitrogens with zero attached hydrogens (tertiary/aromatic N) is 2. The SMILES string of the molecule is CCOc1ccccc1N1CCN(CC(=O)NC(=O)NC2CCCCC2)CC1. The van der Waals surface area contributed by atoms with Gasteiger partial charge in [0.1, 0.15) is 5.75 Å². The summed E-state index contributed by atoms with van der Waals surface area (Å²) < 4.78 is 5.72. The van der Waals surface area contributed by atoms with Crippen molar-refractivity contribution in [1.82, 2.24) is 15.5 Å².